The predicted octanol–water partition coefficient (Wildman–Crippen LogP) is 1.99. The first-order valence-corrected chi connectivity index (χ1v) is 6.18. The molecule has 80 valence electrons. The van der Waals surface area contributed by atoms with Gasteiger partial charge in [-0.2, -0.15) is 8.75 Å². The molecule has 0 aromatic carbocycles. The van der Waals surface area contributed by atoms with Gasteiger partial charge in [0.25, 0.3) is 0 Å². The second-order valence-electron chi connectivity index (χ2n) is 3.58. The summed E-state index contributed by atoms with van der Waals surface area (Å²) in [7, 11) is 0. The third-order valence-corrected chi connectivity index (χ3v) is 4.18. The Morgan fingerprint density at radius 3 is 1.75 bits per heavy atom. The topological polar surface area (TPSA) is 59.9 Å². The molecule has 0 amide bonds. The van der Waals surface area contributed by atoms with Crippen LogP contribution in [0.15, 0.2) is 0 Å². The maximum atomic E-state index is 12.1. The number of carbonyl (C=O) groups is 2. The largest absolute Gasteiger partial charge is 0.287 e. The SMILES string of the molecule is Cc1sc(C)c2c1C(=O)c1nsnc1C2=O. The number of hydrogen-bond acceptors (Lipinski definition) is 6. The zero-order chi connectivity index (χ0) is 11.4. The van der Waals surface area contributed by atoms with E-state index in [1.165, 1.54) is 11.3 Å². The molecule has 16 heavy (non-hydrogen) atoms. The summed E-state index contributed by atoms with van der Waals surface area (Å²) in [6.45, 7) is 3.71. The molecule has 0 saturated heterocycles. The van der Waals surface area contributed by atoms with Gasteiger partial charge in [0, 0.05) is 20.9 Å². The van der Waals surface area contributed by atoms with Crippen LogP contribution in [0.2, 0.25) is 0 Å². The van der Waals surface area contributed by atoms with Crippen molar-refractivity contribution in [1.82, 2.24) is 8.75 Å². The van der Waals surface area contributed by atoms with Crippen LogP contribution in [0, 0.1) is 13.8 Å². The molecule has 0 unspecified atom stereocenters. The number of ketones is 2. The fraction of sp³-hybridized carbons (Fsp3) is 0.200. The van der Waals surface area contributed by atoms with Crippen LogP contribution >= 0.6 is 23.1 Å². The van der Waals surface area contributed by atoms with Crippen molar-refractivity contribution in [2.75, 3.05) is 0 Å². The Bertz CT molecular complexity index is 588. The van der Waals surface area contributed by atoms with Crippen molar-refractivity contribution < 1.29 is 9.59 Å². The number of nitrogens with zero attached hydrogens (tertiary/aromatic N) is 2. The summed E-state index contributed by atoms with van der Waals surface area (Å²) >= 11 is 2.38. The normalized spacial score (nSPS) is 13.9. The van der Waals surface area contributed by atoms with Gasteiger partial charge >= 0.3 is 0 Å². The molecule has 2 heterocycles. The van der Waals surface area contributed by atoms with Gasteiger partial charge in [-0.15, -0.1) is 11.3 Å². The van der Waals surface area contributed by atoms with Crippen LogP contribution in [0.5, 0.6) is 0 Å². The Morgan fingerprint density at radius 1 is 0.875 bits per heavy atom. The van der Waals surface area contributed by atoms with Crippen molar-refractivity contribution in [2.45, 2.75) is 13.8 Å². The first-order chi connectivity index (χ1) is 7.61. The van der Waals surface area contributed by atoms with Crippen molar-refractivity contribution in [3.8, 4) is 0 Å². The summed E-state index contributed by atoms with van der Waals surface area (Å²) < 4.78 is 7.80. The molecule has 0 aliphatic heterocycles. The summed E-state index contributed by atoms with van der Waals surface area (Å²) in [6, 6.07) is 0. The van der Waals surface area contributed by atoms with E-state index >= 15 is 0 Å². The van der Waals surface area contributed by atoms with Gasteiger partial charge in [0.2, 0.25) is 11.6 Å². The number of rotatable bonds is 0. The molecular formula is C10H6N2O2S2. The summed E-state index contributed by atoms with van der Waals surface area (Å²) in [5, 5.41) is 0. The minimum absolute atomic E-state index is 0.166. The van der Waals surface area contributed by atoms with E-state index in [-0.39, 0.29) is 23.0 Å². The van der Waals surface area contributed by atoms with Crippen LogP contribution < -0.4 is 0 Å². The van der Waals surface area contributed by atoms with Crippen LogP contribution in [0.4, 0.5) is 0 Å². The third kappa shape index (κ3) is 1.03. The summed E-state index contributed by atoms with van der Waals surface area (Å²) in [5.41, 5.74) is 1.47. The van der Waals surface area contributed by atoms with Crippen molar-refractivity contribution in [3.05, 3.63) is 32.3 Å². The average Bonchev–Trinajstić information content (AvgIpc) is 2.80. The van der Waals surface area contributed by atoms with Gasteiger partial charge < -0.3 is 0 Å². The molecule has 2 aromatic rings. The van der Waals surface area contributed by atoms with Crippen molar-refractivity contribution in [2.24, 2.45) is 0 Å². The predicted molar refractivity (Wildman–Crippen MR) is 60.6 cm³/mol. The number of thiophene rings is 1. The summed E-state index contributed by atoms with van der Waals surface area (Å²) in [6.07, 6.45) is 0. The van der Waals surface area contributed by atoms with E-state index in [1.54, 1.807) is 0 Å². The second kappa shape index (κ2) is 3.05. The van der Waals surface area contributed by atoms with Crippen molar-refractivity contribution in [1.29, 1.82) is 0 Å². The molecule has 0 radical (unpaired) electrons. The van der Waals surface area contributed by atoms with Crippen molar-refractivity contribution >= 4 is 34.6 Å². The number of fused-ring (bicyclic) bond motifs is 2. The Morgan fingerprint density at radius 2 is 1.31 bits per heavy atom. The molecule has 0 bridgehead atoms. The zero-order valence-electron chi connectivity index (χ0n) is 8.53. The first-order valence-electron chi connectivity index (χ1n) is 4.63. The molecule has 0 N–H and O–H groups in total. The highest BCUT2D eigenvalue weighted by Crippen LogP contribution is 2.35. The minimum Gasteiger partial charge on any atom is -0.287 e. The van der Waals surface area contributed by atoms with Gasteiger partial charge in [0.05, 0.1) is 11.7 Å². The van der Waals surface area contributed by atoms with Crippen LogP contribution in [0.1, 0.15) is 41.9 Å². The van der Waals surface area contributed by atoms with Crippen LogP contribution in [0.3, 0.4) is 0 Å². The van der Waals surface area contributed by atoms with E-state index in [0.717, 1.165) is 21.5 Å². The monoisotopic (exact) mass is 250 g/mol. The van der Waals surface area contributed by atoms with Crippen molar-refractivity contribution in [3.63, 3.8) is 0 Å². The van der Waals surface area contributed by atoms with E-state index < -0.39 is 0 Å². The van der Waals surface area contributed by atoms with E-state index in [4.69, 9.17) is 0 Å². The molecule has 4 nitrogen and oxygen atoms in total. The van der Waals surface area contributed by atoms with Gasteiger partial charge in [-0.25, -0.2) is 0 Å². The standard InChI is InChI=1S/C10H6N2O2S2/c1-3-5-6(4(2)15-3)10(14)8-7(9(5)13)11-16-12-8/h1-2H3. The molecule has 2 aromatic heterocycles. The molecule has 0 saturated carbocycles. The third-order valence-electron chi connectivity index (χ3n) is 2.63. The first kappa shape index (κ1) is 9.80. The van der Waals surface area contributed by atoms with E-state index in [9.17, 15) is 9.59 Å². The highest BCUT2D eigenvalue weighted by Gasteiger charge is 2.37. The maximum Gasteiger partial charge on any atom is 0.216 e. The molecule has 0 fully saturated rings. The lowest BCUT2D eigenvalue weighted by Gasteiger charge is -2.09. The average molecular weight is 250 g/mol. The lowest BCUT2D eigenvalue weighted by molar-refractivity contribution is 0.0974. The molecule has 0 spiro atoms. The van der Waals surface area contributed by atoms with Gasteiger partial charge in [0.1, 0.15) is 0 Å². The van der Waals surface area contributed by atoms with Gasteiger partial charge in [0.15, 0.2) is 11.4 Å². The number of aromatic nitrogens is 2. The van der Waals surface area contributed by atoms with Crippen LogP contribution in [-0.4, -0.2) is 20.3 Å². The van der Waals surface area contributed by atoms with E-state index in [2.05, 4.69) is 8.75 Å². The van der Waals surface area contributed by atoms with E-state index in [0.29, 0.717) is 11.1 Å². The fourth-order valence-electron chi connectivity index (χ4n) is 1.95. The van der Waals surface area contributed by atoms with E-state index in [1.807, 2.05) is 13.8 Å². The lowest BCUT2D eigenvalue weighted by Crippen LogP contribution is -2.20. The highest BCUT2D eigenvalue weighted by atomic mass is 32.1. The molecule has 1 aliphatic rings. The van der Waals surface area contributed by atoms with Gasteiger partial charge in [-0.1, -0.05) is 0 Å². The number of hydrogen-bond donors (Lipinski definition) is 0. The Hall–Kier alpha value is -1.40. The Balaban J connectivity index is 2.40. The minimum atomic E-state index is -0.166. The van der Waals surface area contributed by atoms with Gasteiger partial charge in [-0.05, 0) is 13.8 Å². The zero-order valence-corrected chi connectivity index (χ0v) is 10.2. The number of aryl methyl sites for hydroxylation is 2. The fourth-order valence-corrected chi connectivity index (χ4v) is 3.55. The summed E-state index contributed by atoms with van der Waals surface area (Å²) in [4.78, 5) is 26.0. The lowest BCUT2D eigenvalue weighted by atomic mass is 9.91. The maximum absolute atomic E-state index is 12.1. The smallest absolute Gasteiger partial charge is 0.216 e. The van der Waals surface area contributed by atoms with Gasteiger partial charge in [-0.3, -0.25) is 9.59 Å². The van der Waals surface area contributed by atoms with Crippen LogP contribution in [-0.2, 0) is 0 Å². The molecule has 3 rings (SSSR count). The molecule has 0 atom stereocenters. The quantitative estimate of drug-likeness (QED) is 0.612. The second-order valence-corrected chi connectivity index (χ2v) is 5.54. The molecular weight excluding hydrogens is 244 g/mol. The molecule has 1 aliphatic carbocycles. The Kier molecular flexibility index (Phi) is 1.87. The van der Waals surface area contributed by atoms with Crippen LogP contribution in [0.25, 0.3) is 0 Å². The molecule has 6 heteroatoms. The number of carbonyl (C=O) groups excluding carboxylic acids is 2. The summed E-state index contributed by atoms with van der Waals surface area (Å²) in [5.74, 6) is -0.333. The highest BCUT2D eigenvalue weighted by molar-refractivity contribution is 7.12. The Labute approximate surface area is 99.3 Å².